The molecule has 2 aromatic carbocycles. The van der Waals surface area contributed by atoms with E-state index in [9.17, 15) is 0 Å². The summed E-state index contributed by atoms with van der Waals surface area (Å²) in [5, 5.41) is 0.755. The largest absolute Gasteiger partial charge is 0.0952 e. The molecule has 0 aliphatic carbocycles. The Kier molecular flexibility index (Phi) is 4.59. The van der Waals surface area contributed by atoms with E-state index in [1.807, 2.05) is 42.5 Å². The molecule has 0 saturated heterocycles. The van der Waals surface area contributed by atoms with E-state index in [2.05, 4.69) is 25.3 Å². The van der Waals surface area contributed by atoms with Crippen molar-refractivity contribution in [2.24, 2.45) is 0 Å². The van der Waals surface area contributed by atoms with Gasteiger partial charge in [0.15, 0.2) is 0 Å². The maximum Gasteiger partial charge on any atom is 0.0406 e. The fourth-order valence-electron chi connectivity index (χ4n) is 1.95. The molecule has 0 atom stereocenters. The van der Waals surface area contributed by atoms with Crippen LogP contribution in [0.15, 0.2) is 67.8 Å². The Bertz CT molecular complexity index is 564. The van der Waals surface area contributed by atoms with Crippen molar-refractivity contribution in [1.29, 1.82) is 0 Å². The van der Waals surface area contributed by atoms with E-state index in [1.54, 1.807) is 0 Å². The molecule has 0 amide bonds. The zero-order valence-corrected chi connectivity index (χ0v) is 11.7. The van der Waals surface area contributed by atoms with Gasteiger partial charge < -0.3 is 0 Å². The second kappa shape index (κ2) is 6.40. The molecule has 2 rings (SSSR count). The highest BCUT2D eigenvalue weighted by atomic mass is 35.5. The molecule has 0 fully saturated rings. The van der Waals surface area contributed by atoms with Crippen LogP contribution in [0.4, 0.5) is 0 Å². The molecule has 0 saturated carbocycles. The summed E-state index contributed by atoms with van der Waals surface area (Å²) in [6.07, 6.45) is 1.83. The molecule has 2 aromatic rings. The molecule has 1 heteroatoms. The molecule has 96 valence electrons. The fourth-order valence-corrected chi connectivity index (χ4v) is 2.08. The van der Waals surface area contributed by atoms with Crippen LogP contribution in [0.1, 0.15) is 24.0 Å². The minimum Gasteiger partial charge on any atom is -0.0952 e. The first-order valence-electron chi connectivity index (χ1n) is 6.34. The van der Waals surface area contributed by atoms with Crippen LogP contribution in [0.2, 0.25) is 5.02 Å². The Morgan fingerprint density at radius 2 is 1.21 bits per heavy atom. The number of hydrogen-bond donors (Lipinski definition) is 0. The lowest BCUT2D eigenvalue weighted by atomic mass is 9.97. The van der Waals surface area contributed by atoms with Gasteiger partial charge in [0.2, 0.25) is 0 Å². The number of rotatable bonds is 5. The quantitative estimate of drug-likeness (QED) is 0.638. The standard InChI is InChI=1S/C18H17Cl/c1-14(16-6-4-3-5-7-16)8-9-15(2)17-10-12-18(19)13-11-17/h3-7,10-13H,1-2,8-9H2. The third kappa shape index (κ3) is 3.84. The van der Waals surface area contributed by atoms with Gasteiger partial charge in [-0.25, -0.2) is 0 Å². The molecule has 0 aliphatic heterocycles. The van der Waals surface area contributed by atoms with E-state index in [4.69, 9.17) is 11.6 Å². The monoisotopic (exact) mass is 268 g/mol. The highest BCUT2D eigenvalue weighted by molar-refractivity contribution is 6.30. The van der Waals surface area contributed by atoms with E-state index >= 15 is 0 Å². The van der Waals surface area contributed by atoms with Crippen LogP contribution in [0, 0.1) is 0 Å². The lowest BCUT2D eigenvalue weighted by Crippen LogP contribution is -1.86. The molecule has 0 unspecified atom stereocenters. The summed E-state index contributed by atoms with van der Waals surface area (Å²) in [6, 6.07) is 18.1. The van der Waals surface area contributed by atoms with E-state index in [0.717, 1.165) is 34.6 Å². The van der Waals surface area contributed by atoms with Gasteiger partial charge in [-0.1, -0.05) is 67.2 Å². The van der Waals surface area contributed by atoms with Crippen molar-refractivity contribution in [1.82, 2.24) is 0 Å². The fraction of sp³-hybridized carbons (Fsp3) is 0.111. The Morgan fingerprint density at radius 1 is 0.737 bits per heavy atom. The minimum absolute atomic E-state index is 0.755. The topological polar surface area (TPSA) is 0 Å². The summed E-state index contributed by atoms with van der Waals surface area (Å²) < 4.78 is 0. The highest BCUT2D eigenvalue weighted by Crippen LogP contribution is 2.25. The normalized spacial score (nSPS) is 10.2. The molecular weight excluding hydrogens is 252 g/mol. The average Bonchev–Trinajstić information content (AvgIpc) is 2.46. The van der Waals surface area contributed by atoms with Gasteiger partial charge in [0.1, 0.15) is 0 Å². The van der Waals surface area contributed by atoms with Crippen LogP contribution in [0.5, 0.6) is 0 Å². The maximum absolute atomic E-state index is 5.88. The van der Waals surface area contributed by atoms with Gasteiger partial charge in [0.05, 0.1) is 0 Å². The second-order valence-electron chi connectivity index (χ2n) is 4.58. The van der Waals surface area contributed by atoms with Crippen LogP contribution in [0.3, 0.4) is 0 Å². The Morgan fingerprint density at radius 3 is 1.74 bits per heavy atom. The molecule has 0 bridgehead atoms. The van der Waals surface area contributed by atoms with Crippen LogP contribution >= 0.6 is 11.6 Å². The van der Waals surface area contributed by atoms with E-state index in [0.29, 0.717) is 0 Å². The molecule has 0 heterocycles. The molecule has 0 N–H and O–H groups in total. The summed E-state index contributed by atoms with van der Waals surface area (Å²) in [5.74, 6) is 0. The van der Waals surface area contributed by atoms with Gasteiger partial charge in [0.25, 0.3) is 0 Å². The van der Waals surface area contributed by atoms with Gasteiger partial charge in [-0.05, 0) is 47.2 Å². The van der Waals surface area contributed by atoms with E-state index in [1.165, 1.54) is 5.56 Å². The third-order valence-electron chi connectivity index (χ3n) is 3.16. The summed E-state index contributed by atoms with van der Waals surface area (Å²) in [7, 11) is 0. The van der Waals surface area contributed by atoms with Gasteiger partial charge in [-0.15, -0.1) is 0 Å². The maximum atomic E-state index is 5.88. The Hall–Kier alpha value is -1.79. The number of halogens is 1. The van der Waals surface area contributed by atoms with Crippen LogP contribution in [0.25, 0.3) is 11.1 Å². The van der Waals surface area contributed by atoms with E-state index < -0.39 is 0 Å². The average molecular weight is 269 g/mol. The minimum atomic E-state index is 0.755. The predicted octanol–water partition coefficient (Wildman–Crippen LogP) is 5.85. The van der Waals surface area contributed by atoms with Crippen molar-refractivity contribution < 1.29 is 0 Å². The van der Waals surface area contributed by atoms with Gasteiger partial charge >= 0.3 is 0 Å². The van der Waals surface area contributed by atoms with E-state index in [-0.39, 0.29) is 0 Å². The summed E-state index contributed by atoms with van der Waals surface area (Å²) in [4.78, 5) is 0. The third-order valence-corrected chi connectivity index (χ3v) is 3.42. The molecule has 0 radical (unpaired) electrons. The van der Waals surface area contributed by atoms with Crippen molar-refractivity contribution in [3.05, 3.63) is 83.9 Å². The highest BCUT2D eigenvalue weighted by Gasteiger charge is 2.02. The van der Waals surface area contributed by atoms with Crippen LogP contribution in [-0.4, -0.2) is 0 Å². The molecule has 0 spiro atoms. The number of benzene rings is 2. The van der Waals surface area contributed by atoms with Crippen molar-refractivity contribution in [2.45, 2.75) is 12.8 Å². The number of hydrogen-bond acceptors (Lipinski definition) is 0. The van der Waals surface area contributed by atoms with Crippen molar-refractivity contribution >= 4 is 22.7 Å². The second-order valence-corrected chi connectivity index (χ2v) is 5.02. The van der Waals surface area contributed by atoms with Crippen LogP contribution < -0.4 is 0 Å². The lowest BCUT2D eigenvalue weighted by Gasteiger charge is -2.08. The van der Waals surface area contributed by atoms with Crippen molar-refractivity contribution in [3.63, 3.8) is 0 Å². The zero-order chi connectivity index (χ0) is 13.7. The smallest absolute Gasteiger partial charge is 0.0406 e. The Labute approximate surface area is 120 Å². The lowest BCUT2D eigenvalue weighted by molar-refractivity contribution is 1.09. The van der Waals surface area contributed by atoms with Gasteiger partial charge in [-0.2, -0.15) is 0 Å². The molecule has 0 nitrogen and oxygen atoms in total. The van der Waals surface area contributed by atoms with Crippen LogP contribution in [-0.2, 0) is 0 Å². The predicted molar refractivity (Wildman–Crippen MR) is 85.2 cm³/mol. The summed E-state index contributed by atoms with van der Waals surface area (Å²) in [6.45, 7) is 8.28. The number of allylic oxidation sites excluding steroid dienone is 2. The van der Waals surface area contributed by atoms with Crippen molar-refractivity contribution in [3.8, 4) is 0 Å². The van der Waals surface area contributed by atoms with Crippen molar-refractivity contribution in [2.75, 3.05) is 0 Å². The summed E-state index contributed by atoms with van der Waals surface area (Å²) in [5.41, 5.74) is 4.61. The zero-order valence-electron chi connectivity index (χ0n) is 10.9. The first-order chi connectivity index (χ1) is 9.16. The summed E-state index contributed by atoms with van der Waals surface area (Å²) >= 11 is 5.88. The molecule has 0 aromatic heterocycles. The Balaban J connectivity index is 1.94. The van der Waals surface area contributed by atoms with Gasteiger partial charge in [-0.3, -0.25) is 0 Å². The van der Waals surface area contributed by atoms with Gasteiger partial charge in [0, 0.05) is 5.02 Å². The molecule has 0 aliphatic rings. The molecule has 19 heavy (non-hydrogen) atoms. The first kappa shape index (κ1) is 13.6. The first-order valence-corrected chi connectivity index (χ1v) is 6.71. The molecular formula is C18H17Cl. The SMILES string of the molecule is C=C(CCC(=C)c1ccc(Cl)cc1)c1ccccc1.